The average molecular weight is 409 g/mol. The first kappa shape index (κ1) is 17.1. The van der Waals surface area contributed by atoms with Crippen molar-refractivity contribution in [2.75, 3.05) is 19.0 Å². The molecule has 0 aliphatic heterocycles. The van der Waals surface area contributed by atoms with Gasteiger partial charge in [-0.25, -0.2) is 4.79 Å². The molecular formula is C13H15Br2NO4. The fourth-order valence-electron chi connectivity index (χ4n) is 1.57. The quantitative estimate of drug-likeness (QED) is 0.560. The number of anilines is 1. The van der Waals surface area contributed by atoms with E-state index in [9.17, 15) is 9.59 Å². The van der Waals surface area contributed by atoms with Gasteiger partial charge >= 0.3 is 5.97 Å². The minimum absolute atomic E-state index is 0.0582. The number of benzene rings is 1. The van der Waals surface area contributed by atoms with Crippen LogP contribution in [0.25, 0.3) is 0 Å². The van der Waals surface area contributed by atoms with Crippen LogP contribution in [0.1, 0.15) is 29.6 Å². The predicted octanol–water partition coefficient (Wildman–Crippen LogP) is 3.10. The first-order chi connectivity index (χ1) is 9.49. The van der Waals surface area contributed by atoms with Gasteiger partial charge in [0.05, 0.1) is 18.4 Å². The summed E-state index contributed by atoms with van der Waals surface area (Å²) < 4.78 is 5.99. The maximum Gasteiger partial charge on any atom is 0.340 e. The molecule has 1 aromatic rings. The van der Waals surface area contributed by atoms with Crippen molar-refractivity contribution in [3.63, 3.8) is 0 Å². The Hall–Kier alpha value is -0.920. The van der Waals surface area contributed by atoms with Crippen molar-refractivity contribution in [1.29, 1.82) is 0 Å². The number of halogens is 2. The van der Waals surface area contributed by atoms with Crippen molar-refractivity contribution in [3.8, 4) is 0 Å². The minimum Gasteiger partial charge on any atom is -0.465 e. The van der Waals surface area contributed by atoms with Gasteiger partial charge in [0.1, 0.15) is 0 Å². The number of aliphatic hydroxyl groups is 1. The van der Waals surface area contributed by atoms with E-state index in [0.29, 0.717) is 27.5 Å². The molecule has 110 valence electrons. The Kier molecular flexibility index (Phi) is 7.18. The van der Waals surface area contributed by atoms with Crippen LogP contribution >= 0.6 is 31.9 Å². The molecule has 0 spiro atoms. The van der Waals surface area contributed by atoms with Crippen molar-refractivity contribution in [2.24, 2.45) is 0 Å². The van der Waals surface area contributed by atoms with Gasteiger partial charge in [0.25, 0.3) is 0 Å². The summed E-state index contributed by atoms with van der Waals surface area (Å²) in [5.41, 5.74) is 0.651. The van der Waals surface area contributed by atoms with E-state index in [0.717, 1.165) is 0 Å². The number of methoxy groups -OCH3 is 1. The molecule has 0 atom stereocenters. The molecule has 0 heterocycles. The van der Waals surface area contributed by atoms with Gasteiger partial charge in [-0.3, -0.25) is 4.79 Å². The largest absolute Gasteiger partial charge is 0.465 e. The number of hydrogen-bond acceptors (Lipinski definition) is 4. The van der Waals surface area contributed by atoms with Crippen LogP contribution in [-0.4, -0.2) is 30.7 Å². The minimum atomic E-state index is -0.530. The zero-order valence-corrected chi connectivity index (χ0v) is 14.1. The second-order valence-electron chi connectivity index (χ2n) is 4.03. The number of aliphatic hydroxyl groups excluding tert-OH is 1. The summed E-state index contributed by atoms with van der Waals surface area (Å²) in [6, 6.07) is 3.32. The van der Waals surface area contributed by atoms with E-state index in [4.69, 9.17) is 9.84 Å². The van der Waals surface area contributed by atoms with E-state index in [1.165, 1.54) is 7.11 Å². The fourth-order valence-corrected chi connectivity index (χ4v) is 2.90. The molecule has 0 aromatic heterocycles. The van der Waals surface area contributed by atoms with Crippen molar-refractivity contribution in [3.05, 3.63) is 26.6 Å². The molecule has 1 aromatic carbocycles. The number of carbonyl (C=O) groups excluding carboxylic acids is 2. The number of esters is 1. The van der Waals surface area contributed by atoms with E-state index in [1.54, 1.807) is 12.1 Å². The van der Waals surface area contributed by atoms with Crippen LogP contribution in [0.5, 0.6) is 0 Å². The molecule has 0 fully saturated rings. The zero-order chi connectivity index (χ0) is 15.1. The zero-order valence-electron chi connectivity index (χ0n) is 10.9. The van der Waals surface area contributed by atoms with Crippen LogP contribution in [0.15, 0.2) is 21.1 Å². The van der Waals surface area contributed by atoms with Crippen molar-refractivity contribution >= 4 is 49.4 Å². The monoisotopic (exact) mass is 407 g/mol. The number of unbranched alkanes of at least 4 members (excludes halogenated alkanes) is 1. The molecule has 0 unspecified atom stereocenters. The van der Waals surface area contributed by atoms with Crippen LogP contribution in [0.4, 0.5) is 5.69 Å². The average Bonchev–Trinajstić information content (AvgIpc) is 2.41. The number of rotatable bonds is 6. The predicted molar refractivity (Wildman–Crippen MR) is 82.7 cm³/mol. The van der Waals surface area contributed by atoms with Crippen molar-refractivity contribution in [1.82, 2.24) is 0 Å². The van der Waals surface area contributed by atoms with Crippen LogP contribution in [0.3, 0.4) is 0 Å². The lowest BCUT2D eigenvalue weighted by atomic mass is 10.1. The number of hydrogen-bond donors (Lipinski definition) is 2. The molecule has 0 saturated carbocycles. The molecule has 0 bridgehead atoms. The maximum atomic E-state index is 11.8. The van der Waals surface area contributed by atoms with Crippen LogP contribution in [0.2, 0.25) is 0 Å². The van der Waals surface area contributed by atoms with Gasteiger partial charge in [-0.15, -0.1) is 0 Å². The van der Waals surface area contributed by atoms with Crippen molar-refractivity contribution < 1.29 is 19.4 Å². The lowest BCUT2D eigenvalue weighted by Gasteiger charge is -2.12. The third kappa shape index (κ3) is 4.88. The summed E-state index contributed by atoms with van der Waals surface area (Å²) >= 11 is 6.60. The Morgan fingerprint density at radius 3 is 2.60 bits per heavy atom. The smallest absolute Gasteiger partial charge is 0.340 e. The van der Waals surface area contributed by atoms with Gasteiger partial charge < -0.3 is 15.2 Å². The van der Waals surface area contributed by atoms with Crippen LogP contribution in [0, 0.1) is 0 Å². The topological polar surface area (TPSA) is 75.6 Å². The maximum absolute atomic E-state index is 11.8. The third-order valence-corrected chi connectivity index (χ3v) is 3.62. The fraction of sp³-hybridized carbons (Fsp3) is 0.385. The van der Waals surface area contributed by atoms with Crippen molar-refractivity contribution in [2.45, 2.75) is 19.3 Å². The molecule has 1 amide bonds. The molecule has 0 radical (unpaired) electrons. The lowest BCUT2D eigenvalue weighted by Crippen LogP contribution is -2.15. The molecule has 20 heavy (non-hydrogen) atoms. The number of carbonyl (C=O) groups is 2. The van der Waals surface area contributed by atoms with Gasteiger partial charge in [0, 0.05) is 22.0 Å². The summed E-state index contributed by atoms with van der Waals surface area (Å²) in [5, 5.41) is 11.4. The molecule has 2 N–H and O–H groups in total. The summed E-state index contributed by atoms with van der Waals surface area (Å²) in [6.45, 7) is 0.0582. The molecule has 0 aliphatic rings. The number of ether oxygens (including phenoxy) is 1. The second kappa shape index (κ2) is 8.39. The number of nitrogens with one attached hydrogen (secondary N) is 1. The van der Waals surface area contributed by atoms with Gasteiger partial charge in [-0.05, 0) is 40.9 Å². The first-order valence-corrected chi connectivity index (χ1v) is 7.56. The Morgan fingerprint density at radius 1 is 1.30 bits per heavy atom. The summed E-state index contributed by atoms with van der Waals surface area (Å²) in [6.07, 6.45) is 1.44. The Morgan fingerprint density at radius 2 is 2.00 bits per heavy atom. The summed E-state index contributed by atoms with van der Waals surface area (Å²) in [5.74, 6) is -0.746. The van der Waals surface area contributed by atoms with E-state index in [1.807, 2.05) is 0 Å². The highest BCUT2D eigenvalue weighted by Crippen LogP contribution is 2.31. The standard InChI is InChI=1S/C13H15Br2NO4/c1-20-13(19)9-6-8(14)7-10(15)12(9)16-11(18)4-2-3-5-17/h6-7,17H,2-5H2,1H3,(H,16,18). The van der Waals surface area contributed by atoms with E-state index < -0.39 is 5.97 Å². The van der Waals surface area contributed by atoms with E-state index in [2.05, 4.69) is 37.2 Å². The van der Waals surface area contributed by atoms with Gasteiger partial charge in [0.15, 0.2) is 0 Å². The SMILES string of the molecule is COC(=O)c1cc(Br)cc(Br)c1NC(=O)CCCCO. The Bertz CT molecular complexity index is 505. The molecule has 5 nitrogen and oxygen atoms in total. The van der Waals surface area contributed by atoms with Gasteiger partial charge in [0.2, 0.25) is 5.91 Å². The summed E-state index contributed by atoms with van der Waals surface area (Å²) in [4.78, 5) is 23.5. The summed E-state index contributed by atoms with van der Waals surface area (Å²) in [7, 11) is 1.28. The third-order valence-electron chi connectivity index (χ3n) is 2.54. The highest BCUT2D eigenvalue weighted by atomic mass is 79.9. The van der Waals surface area contributed by atoms with Crippen LogP contribution in [-0.2, 0) is 9.53 Å². The van der Waals surface area contributed by atoms with E-state index >= 15 is 0 Å². The van der Waals surface area contributed by atoms with Gasteiger partial charge in [-0.2, -0.15) is 0 Å². The second-order valence-corrected chi connectivity index (χ2v) is 5.80. The first-order valence-electron chi connectivity index (χ1n) is 5.97. The highest BCUT2D eigenvalue weighted by molar-refractivity contribution is 9.11. The normalized spacial score (nSPS) is 10.2. The number of amides is 1. The van der Waals surface area contributed by atoms with Crippen LogP contribution < -0.4 is 5.32 Å². The Balaban J connectivity index is 2.93. The van der Waals surface area contributed by atoms with E-state index in [-0.39, 0.29) is 24.5 Å². The molecule has 7 heteroatoms. The molecule has 0 aliphatic carbocycles. The lowest BCUT2D eigenvalue weighted by molar-refractivity contribution is -0.116. The Labute approximate surface area is 134 Å². The molecule has 1 rings (SSSR count). The van der Waals surface area contributed by atoms with Gasteiger partial charge in [-0.1, -0.05) is 15.9 Å². The molecular weight excluding hydrogens is 394 g/mol. The molecule has 0 saturated heterocycles. The highest BCUT2D eigenvalue weighted by Gasteiger charge is 2.17.